The molecule has 0 saturated heterocycles. The van der Waals surface area contributed by atoms with Crippen LogP contribution < -0.4 is 5.32 Å². The Balaban J connectivity index is 2.19. The third-order valence-corrected chi connectivity index (χ3v) is 3.00. The van der Waals surface area contributed by atoms with E-state index in [1.54, 1.807) is 19.0 Å². The fourth-order valence-electron chi connectivity index (χ4n) is 2.03. The highest BCUT2D eigenvalue weighted by molar-refractivity contribution is 5.80. The number of hydrogen-bond acceptors (Lipinski definition) is 2. The summed E-state index contributed by atoms with van der Waals surface area (Å²) in [6, 6.07) is -0.0365. The van der Waals surface area contributed by atoms with Crippen LogP contribution in [0.2, 0.25) is 0 Å². The molecule has 0 heterocycles. The molecule has 0 radical (unpaired) electrons. The number of carbonyl (C=O) groups is 1. The molecule has 1 amide bonds. The number of rotatable bonds is 4. The monoisotopic (exact) mass is 198 g/mol. The Bertz CT molecular complexity index is 186. The van der Waals surface area contributed by atoms with Gasteiger partial charge in [0.15, 0.2) is 0 Å². The van der Waals surface area contributed by atoms with E-state index >= 15 is 0 Å². The molecule has 1 rings (SSSR count). The highest BCUT2D eigenvalue weighted by atomic mass is 16.2. The van der Waals surface area contributed by atoms with Crippen LogP contribution in [0.3, 0.4) is 0 Å². The van der Waals surface area contributed by atoms with E-state index in [1.165, 1.54) is 25.7 Å². The second-order valence-electron chi connectivity index (χ2n) is 4.51. The summed E-state index contributed by atoms with van der Waals surface area (Å²) in [5.41, 5.74) is 0. The summed E-state index contributed by atoms with van der Waals surface area (Å²) in [5.74, 6) is 0.968. The van der Waals surface area contributed by atoms with Gasteiger partial charge < -0.3 is 10.2 Å². The highest BCUT2D eigenvalue weighted by Gasteiger charge is 2.18. The minimum absolute atomic E-state index is 0.0365. The topological polar surface area (TPSA) is 32.3 Å². The molecule has 0 spiro atoms. The van der Waals surface area contributed by atoms with E-state index in [4.69, 9.17) is 0 Å². The van der Waals surface area contributed by atoms with Crippen LogP contribution in [0.15, 0.2) is 0 Å². The number of likely N-dealkylation sites (N-methyl/N-ethyl adjacent to an activating group) is 1. The normalized spacial score (nSPS) is 19.6. The molecule has 0 unspecified atom stereocenters. The van der Waals surface area contributed by atoms with Crippen LogP contribution in [0, 0.1) is 5.92 Å². The van der Waals surface area contributed by atoms with Crippen molar-refractivity contribution in [1.29, 1.82) is 0 Å². The van der Waals surface area contributed by atoms with E-state index in [2.05, 4.69) is 5.32 Å². The van der Waals surface area contributed by atoms with E-state index in [0.717, 1.165) is 12.5 Å². The van der Waals surface area contributed by atoms with Gasteiger partial charge in [-0.25, -0.2) is 0 Å². The van der Waals surface area contributed by atoms with Gasteiger partial charge in [-0.2, -0.15) is 0 Å². The first-order valence-corrected chi connectivity index (χ1v) is 5.56. The zero-order valence-electron chi connectivity index (χ0n) is 9.55. The van der Waals surface area contributed by atoms with Crippen LogP contribution in [0.5, 0.6) is 0 Å². The maximum absolute atomic E-state index is 11.5. The molecule has 3 heteroatoms. The molecule has 0 aliphatic heterocycles. The van der Waals surface area contributed by atoms with Gasteiger partial charge in [0.25, 0.3) is 0 Å². The quantitative estimate of drug-likeness (QED) is 0.737. The highest BCUT2D eigenvalue weighted by Crippen LogP contribution is 2.23. The molecule has 0 aromatic heterocycles. The number of nitrogens with zero attached hydrogens (tertiary/aromatic N) is 1. The van der Waals surface area contributed by atoms with Gasteiger partial charge in [-0.1, -0.05) is 12.8 Å². The Kier molecular flexibility index (Phi) is 4.39. The summed E-state index contributed by atoms with van der Waals surface area (Å²) in [4.78, 5) is 13.2. The van der Waals surface area contributed by atoms with E-state index < -0.39 is 0 Å². The fourth-order valence-corrected chi connectivity index (χ4v) is 2.03. The predicted octanol–water partition coefficient (Wildman–Crippen LogP) is 1.24. The largest absolute Gasteiger partial charge is 0.347 e. The second kappa shape index (κ2) is 5.35. The van der Waals surface area contributed by atoms with Crippen molar-refractivity contribution in [1.82, 2.24) is 10.2 Å². The Hall–Kier alpha value is -0.570. The molecule has 0 bridgehead atoms. The molecule has 1 fully saturated rings. The minimum atomic E-state index is -0.0365. The summed E-state index contributed by atoms with van der Waals surface area (Å²) in [6.45, 7) is 2.94. The van der Waals surface area contributed by atoms with E-state index in [9.17, 15) is 4.79 Å². The standard InChI is InChI=1S/C11H22N2O/c1-9(11(14)13(2)3)12-8-10-6-4-5-7-10/h9-10,12H,4-8H2,1-3H3/t9-/m1/s1. The van der Waals surface area contributed by atoms with E-state index in [1.807, 2.05) is 6.92 Å². The Morgan fingerprint density at radius 3 is 2.50 bits per heavy atom. The van der Waals surface area contributed by atoms with Crippen LogP contribution >= 0.6 is 0 Å². The number of carbonyl (C=O) groups excluding carboxylic acids is 1. The van der Waals surface area contributed by atoms with Crippen molar-refractivity contribution < 1.29 is 4.79 Å². The van der Waals surface area contributed by atoms with Crippen molar-refractivity contribution >= 4 is 5.91 Å². The minimum Gasteiger partial charge on any atom is -0.347 e. The summed E-state index contributed by atoms with van der Waals surface area (Å²) in [5, 5.41) is 3.31. The van der Waals surface area contributed by atoms with Crippen LogP contribution in [-0.2, 0) is 4.79 Å². The van der Waals surface area contributed by atoms with Gasteiger partial charge in [0, 0.05) is 14.1 Å². The maximum Gasteiger partial charge on any atom is 0.238 e. The lowest BCUT2D eigenvalue weighted by molar-refractivity contribution is -0.130. The number of amides is 1. The maximum atomic E-state index is 11.5. The third-order valence-electron chi connectivity index (χ3n) is 3.00. The van der Waals surface area contributed by atoms with Crippen LogP contribution in [0.1, 0.15) is 32.6 Å². The van der Waals surface area contributed by atoms with Crippen LogP contribution in [-0.4, -0.2) is 37.5 Å². The average molecular weight is 198 g/mol. The molecule has 82 valence electrons. The summed E-state index contributed by atoms with van der Waals surface area (Å²) < 4.78 is 0. The second-order valence-corrected chi connectivity index (χ2v) is 4.51. The van der Waals surface area contributed by atoms with Gasteiger partial charge >= 0.3 is 0 Å². The van der Waals surface area contributed by atoms with Crippen LogP contribution in [0.4, 0.5) is 0 Å². The van der Waals surface area contributed by atoms with E-state index in [0.29, 0.717) is 0 Å². The summed E-state index contributed by atoms with van der Waals surface area (Å²) in [7, 11) is 3.60. The average Bonchev–Trinajstić information content (AvgIpc) is 2.65. The number of hydrogen-bond donors (Lipinski definition) is 1. The van der Waals surface area contributed by atoms with Gasteiger partial charge in [0.2, 0.25) is 5.91 Å². The summed E-state index contributed by atoms with van der Waals surface area (Å²) >= 11 is 0. The predicted molar refractivity (Wildman–Crippen MR) is 58.1 cm³/mol. The van der Waals surface area contributed by atoms with Crippen molar-refractivity contribution in [2.24, 2.45) is 5.92 Å². The van der Waals surface area contributed by atoms with Gasteiger partial charge in [0.1, 0.15) is 0 Å². The number of nitrogens with one attached hydrogen (secondary N) is 1. The molecule has 0 aromatic carbocycles. The van der Waals surface area contributed by atoms with Crippen molar-refractivity contribution in [2.75, 3.05) is 20.6 Å². The first-order chi connectivity index (χ1) is 6.61. The molecule has 0 aromatic rings. The smallest absolute Gasteiger partial charge is 0.238 e. The van der Waals surface area contributed by atoms with Gasteiger partial charge in [-0.05, 0) is 32.2 Å². The SMILES string of the molecule is C[C@@H](NCC1CCCC1)C(=O)N(C)C. The fraction of sp³-hybridized carbons (Fsp3) is 0.909. The third kappa shape index (κ3) is 3.29. The lowest BCUT2D eigenvalue weighted by atomic mass is 10.1. The molecule has 1 N–H and O–H groups in total. The van der Waals surface area contributed by atoms with Gasteiger partial charge in [0.05, 0.1) is 6.04 Å². The van der Waals surface area contributed by atoms with Crippen molar-refractivity contribution in [3.05, 3.63) is 0 Å². The zero-order chi connectivity index (χ0) is 10.6. The lowest BCUT2D eigenvalue weighted by Crippen LogP contribution is -2.43. The summed E-state index contributed by atoms with van der Waals surface area (Å²) in [6.07, 6.45) is 5.39. The van der Waals surface area contributed by atoms with Crippen molar-refractivity contribution in [3.63, 3.8) is 0 Å². The van der Waals surface area contributed by atoms with Crippen molar-refractivity contribution in [3.8, 4) is 0 Å². The lowest BCUT2D eigenvalue weighted by Gasteiger charge is -2.19. The Morgan fingerprint density at radius 1 is 1.43 bits per heavy atom. The molecular formula is C11H22N2O. The molecular weight excluding hydrogens is 176 g/mol. The van der Waals surface area contributed by atoms with Crippen LogP contribution in [0.25, 0.3) is 0 Å². The molecule has 14 heavy (non-hydrogen) atoms. The Morgan fingerprint density at radius 2 is 2.00 bits per heavy atom. The van der Waals surface area contributed by atoms with E-state index in [-0.39, 0.29) is 11.9 Å². The Labute approximate surface area is 86.9 Å². The van der Waals surface area contributed by atoms with Crippen molar-refractivity contribution in [2.45, 2.75) is 38.6 Å². The first kappa shape index (κ1) is 11.5. The zero-order valence-corrected chi connectivity index (χ0v) is 9.55. The molecule has 1 atom stereocenters. The molecule has 1 saturated carbocycles. The van der Waals surface area contributed by atoms with Gasteiger partial charge in [-0.3, -0.25) is 4.79 Å². The molecule has 1 aliphatic carbocycles. The molecule has 1 aliphatic rings. The van der Waals surface area contributed by atoms with Gasteiger partial charge in [-0.15, -0.1) is 0 Å². The first-order valence-electron chi connectivity index (χ1n) is 5.56. The molecule has 3 nitrogen and oxygen atoms in total.